The third-order valence-electron chi connectivity index (χ3n) is 5.47. The lowest BCUT2D eigenvalue weighted by atomic mass is 10.0. The Labute approximate surface area is 212 Å². The molecule has 0 aliphatic carbocycles. The van der Waals surface area contributed by atoms with Crippen LogP contribution in [-0.4, -0.2) is 28.6 Å². The van der Waals surface area contributed by atoms with E-state index in [1.807, 2.05) is 18.2 Å². The van der Waals surface area contributed by atoms with Crippen LogP contribution < -0.4 is 4.74 Å². The SMILES string of the molecule is CCCc1c(OCCCSc2ccc(CC(=O)O)cc2Cl)ccc2c(-c3ccc(F)cc3)noc12. The Morgan fingerprint density at radius 2 is 1.97 bits per heavy atom. The Morgan fingerprint density at radius 3 is 2.69 bits per heavy atom. The van der Waals surface area contributed by atoms with Gasteiger partial charge in [0, 0.05) is 21.8 Å². The smallest absolute Gasteiger partial charge is 0.307 e. The fourth-order valence-electron chi connectivity index (χ4n) is 3.85. The first-order chi connectivity index (χ1) is 17.0. The van der Waals surface area contributed by atoms with Gasteiger partial charge < -0.3 is 14.4 Å². The number of benzene rings is 3. The minimum atomic E-state index is -0.878. The number of hydrogen-bond donors (Lipinski definition) is 1. The maximum absolute atomic E-state index is 13.3. The van der Waals surface area contributed by atoms with Gasteiger partial charge in [0.15, 0.2) is 5.58 Å². The van der Waals surface area contributed by atoms with E-state index in [-0.39, 0.29) is 12.2 Å². The molecule has 0 amide bonds. The minimum Gasteiger partial charge on any atom is -0.493 e. The summed E-state index contributed by atoms with van der Waals surface area (Å²) in [6.45, 7) is 2.63. The van der Waals surface area contributed by atoms with Gasteiger partial charge in [0.05, 0.1) is 23.4 Å². The highest BCUT2D eigenvalue weighted by Crippen LogP contribution is 2.35. The number of thioether (sulfide) groups is 1. The zero-order chi connectivity index (χ0) is 24.8. The lowest BCUT2D eigenvalue weighted by Crippen LogP contribution is -2.02. The Balaban J connectivity index is 1.40. The molecule has 8 heteroatoms. The number of aliphatic carboxylic acids is 1. The summed E-state index contributed by atoms with van der Waals surface area (Å²) < 4.78 is 25.1. The van der Waals surface area contributed by atoms with Crippen molar-refractivity contribution in [1.29, 1.82) is 0 Å². The van der Waals surface area contributed by atoms with Crippen molar-refractivity contribution in [2.45, 2.75) is 37.5 Å². The first-order valence-electron chi connectivity index (χ1n) is 11.4. The molecule has 0 unspecified atom stereocenters. The Hall–Kier alpha value is -3.03. The van der Waals surface area contributed by atoms with Crippen LogP contribution in [0.3, 0.4) is 0 Å². The van der Waals surface area contributed by atoms with Gasteiger partial charge in [-0.1, -0.05) is 36.2 Å². The van der Waals surface area contributed by atoms with Gasteiger partial charge in [-0.25, -0.2) is 4.39 Å². The summed E-state index contributed by atoms with van der Waals surface area (Å²) in [4.78, 5) is 11.8. The molecule has 1 heterocycles. The van der Waals surface area contributed by atoms with Gasteiger partial charge in [0.1, 0.15) is 17.3 Å². The van der Waals surface area contributed by atoms with E-state index < -0.39 is 5.97 Å². The molecule has 35 heavy (non-hydrogen) atoms. The largest absolute Gasteiger partial charge is 0.493 e. The summed E-state index contributed by atoms with van der Waals surface area (Å²) in [6, 6.07) is 15.5. The van der Waals surface area contributed by atoms with Crippen LogP contribution in [0.1, 0.15) is 30.9 Å². The van der Waals surface area contributed by atoms with Gasteiger partial charge in [-0.2, -0.15) is 0 Å². The second-order valence-electron chi connectivity index (χ2n) is 8.09. The van der Waals surface area contributed by atoms with E-state index >= 15 is 0 Å². The fourth-order valence-corrected chi connectivity index (χ4v) is 5.06. The highest BCUT2D eigenvalue weighted by atomic mass is 35.5. The summed E-state index contributed by atoms with van der Waals surface area (Å²) >= 11 is 7.92. The standard InChI is InChI=1S/C27H25ClFNO4S/c1-2-4-20-23(11-10-21-26(30-34-27(20)21)18-6-8-19(29)9-7-18)33-13-3-14-35-24-12-5-17(15-22(24)28)16-25(31)32/h5-12,15H,2-4,13-14,16H2,1H3,(H,31,32). The highest BCUT2D eigenvalue weighted by molar-refractivity contribution is 7.99. The number of carboxylic acids is 1. The molecule has 182 valence electrons. The molecule has 0 saturated carbocycles. The molecule has 4 aromatic rings. The number of hydrogen-bond acceptors (Lipinski definition) is 5. The molecular weight excluding hydrogens is 489 g/mol. The van der Waals surface area contributed by atoms with Crippen LogP contribution in [0.4, 0.5) is 4.39 Å². The molecular formula is C27H25ClFNO4S. The Kier molecular flexibility index (Phi) is 8.31. The number of ether oxygens (including phenoxy) is 1. The number of nitrogens with zero attached hydrogens (tertiary/aromatic N) is 1. The molecule has 1 N–H and O–H groups in total. The number of carbonyl (C=O) groups is 1. The Morgan fingerprint density at radius 1 is 1.17 bits per heavy atom. The first-order valence-corrected chi connectivity index (χ1v) is 12.8. The van der Waals surface area contributed by atoms with Crippen LogP contribution >= 0.6 is 23.4 Å². The molecule has 1 aromatic heterocycles. The van der Waals surface area contributed by atoms with Gasteiger partial charge in [0.2, 0.25) is 0 Å². The van der Waals surface area contributed by atoms with Crippen molar-refractivity contribution in [3.05, 3.63) is 76.6 Å². The third-order valence-corrected chi connectivity index (χ3v) is 7.06. The Bertz CT molecular complexity index is 1320. The number of halogens is 2. The minimum absolute atomic E-state index is 0.0421. The van der Waals surface area contributed by atoms with Crippen LogP contribution in [0, 0.1) is 5.82 Å². The average Bonchev–Trinajstić information content (AvgIpc) is 3.26. The molecule has 5 nitrogen and oxygen atoms in total. The van der Waals surface area contributed by atoms with Crippen molar-refractivity contribution in [1.82, 2.24) is 5.16 Å². The summed E-state index contributed by atoms with van der Waals surface area (Å²) in [5, 5.41) is 14.6. The van der Waals surface area contributed by atoms with Gasteiger partial charge in [-0.3, -0.25) is 4.79 Å². The molecule has 0 aliphatic heterocycles. The lowest BCUT2D eigenvalue weighted by Gasteiger charge is -2.12. The van der Waals surface area contributed by atoms with Crippen LogP contribution in [0.5, 0.6) is 5.75 Å². The predicted molar refractivity (Wildman–Crippen MR) is 137 cm³/mol. The van der Waals surface area contributed by atoms with Crippen molar-refractivity contribution in [3.8, 4) is 17.0 Å². The van der Waals surface area contributed by atoms with Crippen LogP contribution in [0.2, 0.25) is 5.02 Å². The van der Waals surface area contributed by atoms with E-state index in [4.69, 9.17) is 26.0 Å². The maximum atomic E-state index is 13.3. The van der Waals surface area contributed by atoms with E-state index in [1.165, 1.54) is 12.1 Å². The normalized spacial score (nSPS) is 11.2. The van der Waals surface area contributed by atoms with Crippen molar-refractivity contribution in [2.24, 2.45) is 0 Å². The van der Waals surface area contributed by atoms with Crippen LogP contribution in [0.15, 0.2) is 64.0 Å². The quantitative estimate of drug-likeness (QED) is 0.166. The summed E-state index contributed by atoms with van der Waals surface area (Å²) in [5.74, 6) is 0.415. The third kappa shape index (κ3) is 6.16. The molecule has 3 aromatic carbocycles. The van der Waals surface area contributed by atoms with Crippen LogP contribution in [-0.2, 0) is 17.6 Å². The zero-order valence-corrected chi connectivity index (χ0v) is 20.8. The van der Waals surface area contributed by atoms with Gasteiger partial charge in [0.25, 0.3) is 0 Å². The predicted octanol–water partition coefficient (Wildman–Crippen LogP) is 7.43. The van der Waals surface area contributed by atoms with Gasteiger partial charge >= 0.3 is 5.97 Å². The van der Waals surface area contributed by atoms with E-state index in [2.05, 4.69) is 12.1 Å². The lowest BCUT2D eigenvalue weighted by molar-refractivity contribution is -0.136. The molecule has 0 aliphatic rings. The van der Waals surface area contributed by atoms with E-state index in [9.17, 15) is 9.18 Å². The summed E-state index contributed by atoms with van der Waals surface area (Å²) in [5.41, 5.74) is 3.85. The number of aromatic nitrogens is 1. The number of carboxylic acid groups (broad SMARTS) is 1. The molecule has 0 bridgehead atoms. The van der Waals surface area contributed by atoms with Crippen molar-refractivity contribution >= 4 is 40.3 Å². The second kappa shape index (κ2) is 11.6. The van der Waals surface area contributed by atoms with E-state index in [0.29, 0.717) is 28.5 Å². The monoisotopic (exact) mass is 513 g/mol. The highest BCUT2D eigenvalue weighted by Gasteiger charge is 2.17. The second-order valence-corrected chi connectivity index (χ2v) is 9.64. The van der Waals surface area contributed by atoms with Crippen LogP contribution in [0.25, 0.3) is 22.2 Å². The number of rotatable bonds is 11. The van der Waals surface area contributed by atoms with E-state index in [1.54, 1.807) is 36.0 Å². The first kappa shape index (κ1) is 25.1. The van der Waals surface area contributed by atoms with Crippen molar-refractivity contribution in [3.63, 3.8) is 0 Å². The number of fused-ring (bicyclic) bond motifs is 1. The summed E-state index contributed by atoms with van der Waals surface area (Å²) in [7, 11) is 0. The van der Waals surface area contributed by atoms with E-state index in [0.717, 1.165) is 52.2 Å². The number of aryl methyl sites for hydroxylation is 1. The molecule has 0 atom stereocenters. The fraction of sp³-hybridized carbons (Fsp3) is 0.259. The maximum Gasteiger partial charge on any atom is 0.307 e. The zero-order valence-electron chi connectivity index (χ0n) is 19.2. The van der Waals surface area contributed by atoms with Crippen molar-refractivity contribution in [2.75, 3.05) is 12.4 Å². The van der Waals surface area contributed by atoms with Gasteiger partial charge in [-0.15, -0.1) is 11.8 Å². The molecule has 0 spiro atoms. The molecule has 4 rings (SSSR count). The topological polar surface area (TPSA) is 72.6 Å². The van der Waals surface area contributed by atoms with Gasteiger partial charge in [-0.05, 0) is 66.9 Å². The molecule has 0 saturated heterocycles. The molecule has 0 fully saturated rings. The van der Waals surface area contributed by atoms with Crippen molar-refractivity contribution < 1.29 is 23.6 Å². The average molecular weight is 514 g/mol. The summed E-state index contributed by atoms with van der Waals surface area (Å²) in [6.07, 6.45) is 2.48. The molecule has 0 radical (unpaired) electrons.